The Balaban J connectivity index is 1.83. The van der Waals surface area contributed by atoms with Gasteiger partial charge in [-0.3, -0.25) is 0 Å². The van der Waals surface area contributed by atoms with Crippen LogP contribution in [0, 0.1) is 0 Å². The second-order valence-corrected chi connectivity index (χ2v) is 6.93. The Morgan fingerprint density at radius 3 is 2.67 bits per heavy atom. The minimum absolute atomic E-state index is 0.0608. The molecule has 1 N–H and O–H groups in total. The molecule has 0 saturated carbocycles. The van der Waals surface area contributed by atoms with Gasteiger partial charge in [0.05, 0.1) is 10.6 Å². The van der Waals surface area contributed by atoms with E-state index in [9.17, 15) is 8.42 Å². The monoisotopic (exact) mass is 267 g/mol. The van der Waals surface area contributed by atoms with Gasteiger partial charge in [0.1, 0.15) is 0 Å². The molecule has 5 heteroatoms. The SMILES string of the molecule is O=S1(=O)CC(NC2CCOCC2)c2ccccc21. The molecule has 0 radical (unpaired) electrons. The number of ether oxygens (including phenoxy) is 1. The Morgan fingerprint density at radius 1 is 1.17 bits per heavy atom. The van der Waals surface area contributed by atoms with Crippen molar-refractivity contribution in [2.45, 2.75) is 29.8 Å². The van der Waals surface area contributed by atoms with Crippen LogP contribution in [-0.4, -0.2) is 33.4 Å². The van der Waals surface area contributed by atoms with Gasteiger partial charge in [0.15, 0.2) is 9.84 Å². The molecule has 18 heavy (non-hydrogen) atoms. The number of benzene rings is 1. The lowest BCUT2D eigenvalue weighted by atomic mass is 10.0. The van der Waals surface area contributed by atoms with Crippen LogP contribution in [0.4, 0.5) is 0 Å². The van der Waals surface area contributed by atoms with Gasteiger partial charge in [0.2, 0.25) is 0 Å². The molecule has 0 aromatic heterocycles. The first kappa shape index (κ1) is 12.1. The Morgan fingerprint density at radius 2 is 1.89 bits per heavy atom. The van der Waals surface area contributed by atoms with E-state index in [1.54, 1.807) is 12.1 Å². The molecule has 0 bridgehead atoms. The van der Waals surface area contributed by atoms with E-state index in [0.717, 1.165) is 31.6 Å². The Hall–Kier alpha value is -0.910. The fourth-order valence-electron chi connectivity index (χ4n) is 2.74. The minimum Gasteiger partial charge on any atom is -0.381 e. The van der Waals surface area contributed by atoms with E-state index in [0.29, 0.717) is 10.9 Å². The molecule has 0 spiro atoms. The number of hydrogen-bond acceptors (Lipinski definition) is 4. The number of rotatable bonds is 2. The second-order valence-electron chi connectivity index (χ2n) is 4.93. The van der Waals surface area contributed by atoms with E-state index in [1.165, 1.54) is 0 Å². The Kier molecular flexibility index (Phi) is 3.13. The standard InChI is InChI=1S/C13H17NO3S/c15-18(16)9-12(11-3-1-2-4-13(11)18)14-10-5-7-17-8-6-10/h1-4,10,12,14H,5-9H2. The number of sulfone groups is 1. The van der Waals surface area contributed by atoms with Gasteiger partial charge < -0.3 is 10.1 Å². The summed E-state index contributed by atoms with van der Waals surface area (Å²) in [6, 6.07) is 7.61. The number of nitrogens with one attached hydrogen (secondary N) is 1. The van der Waals surface area contributed by atoms with Crippen LogP contribution in [0.2, 0.25) is 0 Å². The summed E-state index contributed by atoms with van der Waals surface area (Å²) in [5.41, 5.74) is 0.920. The minimum atomic E-state index is -3.10. The van der Waals surface area contributed by atoms with Crippen molar-refractivity contribution in [3.63, 3.8) is 0 Å². The van der Waals surface area contributed by atoms with Crippen LogP contribution < -0.4 is 5.32 Å². The lowest BCUT2D eigenvalue weighted by Crippen LogP contribution is -2.38. The normalized spacial score (nSPS) is 27.0. The van der Waals surface area contributed by atoms with Gasteiger partial charge in [-0.15, -0.1) is 0 Å². The Labute approximate surface area is 107 Å². The first-order valence-corrected chi connectivity index (χ1v) is 7.97. The molecular weight excluding hydrogens is 250 g/mol. The molecule has 2 aliphatic heterocycles. The van der Waals surface area contributed by atoms with Crippen molar-refractivity contribution in [3.8, 4) is 0 Å². The molecule has 3 rings (SSSR count). The molecule has 0 amide bonds. The van der Waals surface area contributed by atoms with Gasteiger partial charge in [0.25, 0.3) is 0 Å². The summed E-state index contributed by atoms with van der Waals surface area (Å²) in [5.74, 6) is 0.184. The van der Waals surface area contributed by atoms with Crippen molar-refractivity contribution in [2.24, 2.45) is 0 Å². The van der Waals surface area contributed by atoms with Crippen molar-refractivity contribution < 1.29 is 13.2 Å². The van der Waals surface area contributed by atoms with Crippen molar-refractivity contribution in [3.05, 3.63) is 29.8 Å². The molecule has 98 valence electrons. The fourth-order valence-corrected chi connectivity index (χ4v) is 4.49. The van der Waals surface area contributed by atoms with Crippen LogP contribution in [0.3, 0.4) is 0 Å². The topological polar surface area (TPSA) is 55.4 Å². The number of fused-ring (bicyclic) bond motifs is 1. The average molecular weight is 267 g/mol. The lowest BCUT2D eigenvalue weighted by molar-refractivity contribution is 0.0756. The predicted molar refractivity (Wildman–Crippen MR) is 68.2 cm³/mol. The molecule has 1 saturated heterocycles. The van der Waals surface area contributed by atoms with Crippen LogP contribution in [-0.2, 0) is 14.6 Å². The molecule has 2 heterocycles. The summed E-state index contributed by atoms with van der Waals surface area (Å²) in [5, 5.41) is 3.47. The van der Waals surface area contributed by atoms with Crippen molar-refractivity contribution >= 4 is 9.84 Å². The summed E-state index contributed by atoms with van der Waals surface area (Å²) < 4.78 is 29.4. The second kappa shape index (κ2) is 4.64. The molecule has 1 fully saturated rings. The highest BCUT2D eigenvalue weighted by Gasteiger charge is 2.35. The Bertz CT molecular complexity index is 535. The van der Waals surface area contributed by atoms with Gasteiger partial charge in [-0.1, -0.05) is 18.2 Å². The molecule has 1 atom stereocenters. The first-order valence-electron chi connectivity index (χ1n) is 6.32. The predicted octanol–water partition coefficient (Wildman–Crippen LogP) is 1.28. The third kappa shape index (κ3) is 2.18. The summed E-state index contributed by atoms with van der Waals surface area (Å²) in [4.78, 5) is 0.495. The third-order valence-corrected chi connectivity index (χ3v) is 5.49. The van der Waals surface area contributed by atoms with Crippen LogP contribution >= 0.6 is 0 Å². The summed E-state index contributed by atoms with van der Waals surface area (Å²) in [6.45, 7) is 1.53. The van der Waals surface area contributed by atoms with Crippen LogP contribution in [0.1, 0.15) is 24.4 Å². The maximum absolute atomic E-state index is 12.0. The largest absolute Gasteiger partial charge is 0.381 e. The van der Waals surface area contributed by atoms with Crippen LogP contribution in [0.25, 0.3) is 0 Å². The first-order chi connectivity index (χ1) is 8.67. The quantitative estimate of drug-likeness (QED) is 0.877. The van der Waals surface area contributed by atoms with Crippen molar-refractivity contribution in [1.29, 1.82) is 0 Å². The summed E-state index contributed by atoms with van der Waals surface area (Å²) in [6.07, 6.45) is 1.91. The highest BCUT2D eigenvalue weighted by Crippen LogP contribution is 2.33. The maximum atomic E-state index is 12.0. The molecular formula is C13H17NO3S. The molecule has 1 unspecified atom stereocenters. The van der Waals surface area contributed by atoms with Gasteiger partial charge in [-0.05, 0) is 24.5 Å². The third-order valence-electron chi connectivity index (χ3n) is 3.67. The molecule has 1 aromatic rings. The highest BCUT2D eigenvalue weighted by molar-refractivity contribution is 7.91. The molecule has 1 aromatic carbocycles. The van der Waals surface area contributed by atoms with E-state index < -0.39 is 9.84 Å². The molecule has 0 aliphatic carbocycles. The van der Waals surface area contributed by atoms with Gasteiger partial charge in [-0.2, -0.15) is 0 Å². The highest BCUT2D eigenvalue weighted by atomic mass is 32.2. The zero-order valence-corrected chi connectivity index (χ0v) is 10.9. The van der Waals surface area contributed by atoms with Gasteiger partial charge in [0, 0.05) is 25.3 Å². The molecule has 4 nitrogen and oxygen atoms in total. The van der Waals surface area contributed by atoms with E-state index in [1.807, 2.05) is 12.1 Å². The molecule has 2 aliphatic rings. The van der Waals surface area contributed by atoms with Crippen molar-refractivity contribution in [1.82, 2.24) is 5.32 Å². The van der Waals surface area contributed by atoms with E-state index in [-0.39, 0.29) is 11.8 Å². The van der Waals surface area contributed by atoms with E-state index in [2.05, 4.69) is 5.32 Å². The summed E-state index contributed by atoms with van der Waals surface area (Å²) in [7, 11) is -3.10. The van der Waals surface area contributed by atoms with E-state index in [4.69, 9.17) is 4.74 Å². The lowest BCUT2D eigenvalue weighted by Gasteiger charge is -2.26. The van der Waals surface area contributed by atoms with E-state index >= 15 is 0 Å². The zero-order valence-electron chi connectivity index (χ0n) is 10.1. The van der Waals surface area contributed by atoms with Crippen molar-refractivity contribution in [2.75, 3.05) is 19.0 Å². The smallest absolute Gasteiger partial charge is 0.180 e. The average Bonchev–Trinajstić information content (AvgIpc) is 2.63. The maximum Gasteiger partial charge on any atom is 0.180 e. The summed E-state index contributed by atoms with van der Waals surface area (Å²) >= 11 is 0. The fraction of sp³-hybridized carbons (Fsp3) is 0.538. The van der Waals surface area contributed by atoms with Gasteiger partial charge >= 0.3 is 0 Å². The van der Waals surface area contributed by atoms with Gasteiger partial charge in [-0.25, -0.2) is 8.42 Å². The van der Waals surface area contributed by atoms with Crippen LogP contribution in [0.5, 0.6) is 0 Å². The number of hydrogen-bond donors (Lipinski definition) is 1. The zero-order chi connectivity index (χ0) is 12.6. The van der Waals surface area contributed by atoms with Crippen LogP contribution in [0.15, 0.2) is 29.2 Å².